The zero-order chi connectivity index (χ0) is 15.1. The van der Waals surface area contributed by atoms with Gasteiger partial charge in [0.15, 0.2) is 0 Å². The third-order valence-electron chi connectivity index (χ3n) is 3.66. The largest absolute Gasteiger partial charge is 0.295 e. The Labute approximate surface area is 128 Å². The number of hydrogen-bond donors (Lipinski definition) is 0. The first-order valence-corrected chi connectivity index (χ1v) is 7.31. The van der Waals surface area contributed by atoms with Crippen LogP contribution >= 0.6 is 11.6 Å². The summed E-state index contributed by atoms with van der Waals surface area (Å²) in [7, 11) is 0. The molecular weight excluding hydrogens is 287 g/mol. The zero-order valence-corrected chi connectivity index (χ0v) is 12.9. The van der Waals surface area contributed by atoms with Crippen molar-refractivity contribution in [1.82, 2.24) is 9.55 Å². The highest BCUT2D eigenvalue weighted by Crippen LogP contribution is 2.30. The van der Waals surface area contributed by atoms with E-state index in [0.29, 0.717) is 5.56 Å². The smallest absolute Gasteiger partial charge is 0.132 e. The van der Waals surface area contributed by atoms with Gasteiger partial charge in [-0.25, -0.2) is 9.37 Å². The van der Waals surface area contributed by atoms with Crippen LogP contribution in [0.25, 0.3) is 16.7 Å². The van der Waals surface area contributed by atoms with Gasteiger partial charge in [-0.15, -0.1) is 11.6 Å². The van der Waals surface area contributed by atoms with E-state index >= 15 is 0 Å². The number of nitrogens with zero attached hydrogens (tertiary/aromatic N) is 2. The molecule has 0 N–H and O–H groups in total. The third-order valence-corrected chi connectivity index (χ3v) is 3.85. The van der Waals surface area contributed by atoms with Gasteiger partial charge in [-0.05, 0) is 56.2 Å². The number of aryl methyl sites for hydroxylation is 2. The molecule has 0 spiro atoms. The van der Waals surface area contributed by atoms with Gasteiger partial charge in [0.2, 0.25) is 0 Å². The summed E-state index contributed by atoms with van der Waals surface area (Å²) in [5.41, 5.74) is 4.53. The molecule has 1 heterocycles. The quantitative estimate of drug-likeness (QED) is 0.604. The Balaban J connectivity index is 2.38. The highest BCUT2D eigenvalue weighted by molar-refractivity contribution is 6.20. The molecule has 0 saturated heterocycles. The average molecular weight is 303 g/mol. The van der Waals surface area contributed by atoms with Crippen LogP contribution in [0, 0.1) is 19.7 Å². The number of para-hydroxylation sites is 1. The molecule has 1 unspecified atom stereocenters. The minimum Gasteiger partial charge on any atom is -0.295 e. The van der Waals surface area contributed by atoms with Crippen LogP contribution in [0.5, 0.6) is 0 Å². The van der Waals surface area contributed by atoms with E-state index in [-0.39, 0.29) is 11.2 Å². The Morgan fingerprint density at radius 1 is 1.14 bits per heavy atom. The highest BCUT2D eigenvalue weighted by atomic mass is 35.5. The van der Waals surface area contributed by atoms with Crippen molar-refractivity contribution in [2.24, 2.45) is 0 Å². The summed E-state index contributed by atoms with van der Waals surface area (Å²) >= 11 is 6.30. The van der Waals surface area contributed by atoms with Crippen molar-refractivity contribution >= 4 is 22.6 Å². The highest BCUT2D eigenvalue weighted by Gasteiger charge is 2.18. The van der Waals surface area contributed by atoms with Gasteiger partial charge in [-0.3, -0.25) is 4.57 Å². The molecule has 4 heteroatoms. The van der Waals surface area contributed by atoms with E-state index < -0.39 is 0 Å². The summed E-state index contributed by atoms with van der Waals surface area (Å²) < 4.78 is 15.6. The van der Waals surface area contributed by atoms with Crippen LogP contribution in [0.4, 0.5) is 4.39 Å². The molecule has 0 saturated carbocycles. The van der Waals surface area contributed by atoms with E-state index in [0.717, 1.165) is 28.1 Å². The number of fused-ring (bicyclic) bond motifs is 1. The third kappa shape index (κ3) is 2.32. The lowest BCUT2D eigenvalue weighted by Crippen LogP contribution is -2.03. The predicted molar refractivity (Wildman–Crippen MR) is 84.8 cm³/mol. The van der Waals surface area contributed by atoms with Crippen LogP contribution in [0.1, 0.15) is 29.3 Å². The van der Waals surface area contributed by atoms with Crippen LogP contribution < -0.4 is 0 Å². The fraction of sp³-hybridized carbons (Fsp3) is 0.235. The van der Waals surface area contributed by atoms with Gasteiger partial charge in [0.25, 0.3) is 0 Å². The first kappa shape index (κ1) is 14.1. The van der Waals surface area contributed by atoms with Gasteiger partial charge >= 0.3 is 0 Å². The van der Waals surface area contributed by atoms with Crippen molar-refractivity contribution in [3.8, 4) is 5.69 Å². The zero-order valence-electron chi connectivity index (χ0n) is 12.2. The number of rotatable bonds is 2. The second-order valence-corrected chi connectivity index (χ2v) is 5.95. The molecule has 2 aromatic carbocycles. The maximum atomic E-state index is 13.5. The number of hydrogen-bond acceptors (Lipinski definition) is 1. The van der Waals surface area contributed by atoms with Crippen molar-refractivity contribution < 1.29 is 4.39 Å². The Morgan fingerprint density at radius 2 is 1.90 bits per heavy atom. The van der Waals surface area contributed by atoms with Crippen LogP contribution in [0.15, 0.2) is 36.4 Å². The molecule has 0 aliphatic rings. The molecule has 0 aliphatic carbocycles. The summed E-state index contributed by atoms with van der Waals surface area (Å²) in [4.78, 5) is 4.64. The predicted octanol–water partition coefficient (Wildman–Crippen LogP) is 5.08. The van der Waals surface area contributed by atoms with Crippen LogP contribution in [0.2, 0.25) is 0 Å². The monoisotopic (exact) mass is 302 g/mol. The van der Waals surface area contributed by atoms with Crippen LogP contribution in [-0.2, 0) is 0 Å². The van der Waals surface area contributed by atoms with Gasteiger partial charge in [0.1, 0.15) is 11.6 Å². The van der Waals surface area contributed by atoms with E-state index in [2.05, 4.69) is 4.98 Å². The number of alkyl halides is 1. The first-order valence-electron chi connectivity index (χ1n) is 6.87. The Morgan fingerprint density at radius 3 is 2.57 bits per heavy atom. The fourth-order valence-electron chi connectivity index (χ4n) is 2.61. The Bertz CT molecular complexity index is 821. The number of imidazole rings is 1. The summed E-state index contributed by atoms with van der Waals surface area (Å²) in [5, 5.41) is -0.234. The van der Waals surface area contributed by atoms with E-state index in [1.54, 1.807) is 13.0 Å². The Hall–Kier alpha value is -1.87. The molecule has 108 valence electrons. The summed E-state index contributed by atoms with van der Waals surface area (Å²) in [6.45, 7) is 5.69. The van der Waals surface area contributed by atoms with E-state index in [9.17, 15) is 4.39 Å². The van der Waals surface area contributed by atoms with Gasteiger partial charge < -0.3 is 0 Å². The number of aromatic nitrogens is 2. The molecular formula is C17H16ClFN2. The van der Waals surface area contributed by atoms with Crippen molar-refractivity contribution in [1.29, 1.82) is 0 Å². The van der Waals surface area contributed by atoms with Gasteiger partial charge in [-0.2, -0.15) is 0 Å². The lowest BCUT2D eigenvalue weighted by Gasteiger charge is -2.12. The maximum absolute atomic E-state index is 13.5. The molecule has 3 rings (SSSR count). The fourth-order valence-corrected chi connectivity index (χ4v) is 2.76. The van der Waals surface area contributed by atoms with Crippen molar-refractivity contribution in [2.45, 2.75) is 26.1 Å². The van der Waals surface area contributed by atoms with Crippen molar-refractivity contribution in [3.63, 3.8) is 0 Å². The minimum absolute atomic E-state index is 0.208. The summed E-state index contributed by atoms with van der Waals surface area (Å²) in [6.07, 6.45) is 0. The molecule has 0 fully saturated rings. The SMILES string of the molecule is Cc1cc(-n2c(C(C)Cl)nc3cccc(C)c32)ccc1F. The Kier molecular flexibility index (Phi) is 3.46. The summed E-state index contributed by atoms with van der Waals surface area (Å²) in [5.74, 6) is 0.562. The second-order valence-electron chi connectivity index (χ2n) is 5.30. The normalized spacial score (nSPS) is 12.8. The van der Waals surface area contributed by atoms with E-state index in [1.807, 2.05) is 42.7 Å². The van der Waals surface area contributed by atoms with E-state index in [1.165, 1.54) is 6.07 Å². The van der Waals surface area contributed by atoms with Crippen LogP contribution in [-0.4, -0.2) is 9.55 Å². The van der Waals surface area contributed by atoms with Crippen LogP contribution in [0.3, 0.4) is 0 Å². The lowest BCUT2D eigenvalue weighted by atomic mass is 10.1. The molecule has 0 amide bonds. The molecule has 0 aliphatic heterocycles. The molecule has 0 radical (unpaired) electrons. The molecule has 1 atom stereocenters. The average Bonchev–Trinajstić information content (AvgIpc) is 2.83. The number of benzene rings is 2. The van der Waals surface area contributed by atoms with Gasteiger partial charge in [0.05, 0.1) is 16.4 Å². The lowest BCUT2D eigenvalue weighted by molar-refractivity contribution is 0.618. The van der Waals surface area contributed by atoms with Gasteiger partial charge in [-0.1, -0.05) is 12.1 Å². The minimum atomic E-state index is -0.234. The molecule has 2 nitrogen and oxygen atoms in total. The maximum Gasteiger partial charge on any atom is 0.132 e. The van der Waals surface area contributed by atoms with E-state index in [4.69, 9.17) is 11.6 Å². The van der Waals surface area contributed by atoms with Crippen molar-refractivity contribution in [2.75, 3.05) is 0 Å². The topological polar surface area (TPSA) is 17.8 Å². The van der Waals surface area contributed by atoms with Crippen molar-refractivity contribution in [3.05, 3.63) is 59.2 Å². The first-order chi connectivity index (χ1) is 9.99. The summed E-state index contributed by atoms with van der Waals surface area (Å²) in [6, 6.07) is 11.1. The number of halogens is 2. The van der Waals surface area contributed by atoms with Gasteiger partial charge in [0, 0.05) is 5.69 Å². The second kappa shape index (κ2) is 5.15. The standard InChI is InChI=1S/C17H16ClFN2/c1-10-5-4-6-15-16(10)21(17(20-15)12(3)18)13-7-8-14(19)11(2)9-13/h4-9,12H,1-3H3. The molecule has 3 aromatic rings. The molecule has 1 aromatic heterocycles. The molecule has 21 heavy (non-hydrogen) atoms. The molecule has 0 bridgehead atoms.